The van der Waals surface area contributed by atoms with Crippen molar-refractivity contribution >= 4 is 10.1 Å². The lowest BCUT2D eigenvalue weighted by atomic mass is 10.1. The Labute approximate surface area is 104 Å². The van der Waals surface area contributed by atoms with Crippen LogP contribution in [0.5, 0.6) is 0 Å². The van der Waals surface area contributed by atoms with Crippen molar-refractivity contribution in [1.82, 2.24) is 0 Å². The van der Waals surface area contributed by atoms with Crippen molar-refractivity contribution in [3.8, 4) is 0 Å². The highest BCUT2D eigenvalue weighted by Gasteiger charge is 2.13. The molecule has 0 fully saturated rings. The van der Waals surface area contributed by atoms with E-state index >= 15 is 0 Å². The van der Waals surface area contributed by atoms with Crippen molar-refractivity contribution in [3.63, 3.8) is 0 Å². The molecule has 0 aromatic rings. The van der Waals surface area contributed by atoms with Gasteiger partial charge in [-0.1, -0.05) is 33.1 Å². The van der Waals surface area contributed by atoms with Gasteiger partial charge in [-0.2, -0.15) is 8.42 Å². The van der Waals surface area contributed by atoms with Crippen LogP contribution in [0.3, 0.4) is 0 Å². The normalized spacial score (nSPS) is 14.2. The summed E-state index contributed by atoms with van der Waals surface area (Å²) in [6, 6.07) is 0. The van der Waals surface area contributed by atoms with E-state index in [0.717, 1.165) is 19.3 Å². The van der Waals surface area contributed by atoms with Gasteiger partial charge in [0.25, 0.3) is 10.1 Å². The minimum atomic E-state index is -4.11. The van der Waals surface area contributed by atoms with Crippen molar-refractivity contribution in [3.05, 3.63) is 0 Å². The monoisotopic (exact) mass is 268 g/mol. The summed E-state index contributed by atoms with van der Waals surface area (Å²) in [6.07, 6.45) is 3.19. The fourth-order valence-corrected chi connectivity index (χ4v) is 2.03. The highest BCUT2D eigenvalue weighted by atomic mass is 32.2. The Hall–Kier alpha value is -0.170. The first-order chi connectivity index (χ1) is 7.81. The number of hydrogen-bond acceptors (Lipinski definition) is 4. The minimum Gasteiger partial charge on any atom is -0.390 e. The smallest absolute Gasteiger partial charge is 0.267 e. The molecule has 0 bridgehead atoms. The zero-order chi connectivity index (χ0) is 13.3. The van der Waals surface area contributed by atoms with Gasteiger partial charge in [0.15, 0.2) is 0 Å². The van der Waals surface area contributed by atoms with E-state index < -0.39 is 22.0 Å². The molecule has 0 aliphatic heterocycles. The highest BCUT2D eigenvalue weighted by molar-refractivity contribution is 7.85. The van der Waals surface area contributed by atoms with E-state index in [0.29, 0.717) is 12.5 Å². The Morgan fingerprint density at radius 2 is 1.82 bits per heavy atom. The van der Waals surface area contributed by atoms with E-state index in [4.69, 9.17) is 9.29 Å². The van der Waals surface area contributed by atoms with E-state index in [1.54, 1.807) is 0 Å². The SMILES string of the molecule is CC(C)CCCCCOCC(O)CS(=O)(=O)O. The summed E-state index contributed by atoms with van der Waals surface area (Å²) in [5, 5.41) is 9.20. The second kappa shape index (κ2) is 8.85. The third-order valence-electron chi connectivity index (χ3n) is 2.28. The lowest BCUT2D eigenvalue weighted by molar-refractivity contribution is 0.0452. The molecule has 0 radical (unpaired) electrons. The molecule has 0 spiro atoms. The summed E-state index contributed by atoms with van der Waals surface area (Å²) >= 11 is 0. The Balaban J connectivity index is 3.34. The van der Waals surface area contributed by atoms with Crippen LogP contribution in [0.1, 0.15) is 39.5 Å². The summed E-state index contributed by atoms with van der Waals surface area (Å²) < 4.78 is 34.4. The molecule has 0 heterocycles. The van der Waals surface area contributed by atoms with Crippen LogP contribution >= 0.6 is 0 Å². The summed E-state index contributed by atoms with van der Waals surface area (Å²) in [5.74, 6) is 0.0490. The molecule has 0 aromatic carbocycles. The van der Waals surface area contributed by atoms with Gasteiger partial charge in [0.2, 0.25) is 0 Å². The van der Waals surface area contributed by atoms with Gasteiger partial charge < -0.3 is 9.84 Å². The zero-order valence-electron chi connectivity index (χ0n) is 10.6. The average Bonchev–Trinajstić information content (AvgIpc) is 2.12. The Bertz CT molecular complexity index is 274. The van der Waals surface area contributed by atoms with E-state index in [-0.39, 0.29) is 6.61 Å². The molecule has 6 heteroatoms. The zero-order valence-corrected chi connectivity index (χ0v) is 11.4. The third-order valence-corrected chi connectivity index (χ3v) is 3.09. The van der Waals surface area contributed by atoms with Crippen molar-refractivity contribution in [1.29, 1.82) is 0 Å². The highest BCUT2D eigenvalue weighted by Crippen LogP contribution is 2.07. The topological polar surface area (TPSA) is 83.8 Å². The summed E-state index contributed by atoms with van der Waals surface area (Å²) in [4.78, 5) is 0. The molecule has 2 N–H and O–H groups in total. The Kier molecular flexibility index (Phi) is 8.77. The van der Waals surface area contributed by atoms with Crippen molar-refractivity contribution in [2.24, 2.45) is 5.92 Å². The number of ether oxygens (including phenoxy) is 1. The van der Waals surface area contributed by atoms with E-state index in [9.17, 15) is 13.5 Å². The van der Waals surface area contributed by atoms with Gasteiger partial charge in [-0.3, -0.25) is 4.55 Å². The maximum atomic E-state index is 10.4. The van der Waals surface area contributed by atoms with Crippen LogP contribution in [0.2, 0.25) is 0 Å². The first-order valence-electron chi connectivity index (χ1n) is 6.02. The van der Waals surface area contributed by atoms with E-state index in [1.807, 2.05) is 0 Å². The molecular formula is C11H24O5S. The molecule has 0 saturated carbocycles. The molecule has 0 aromatic heterocycles. The second-order valence-electron chi connectivity index (χ2n) is 4.72. The van der Waals surface area contributed by atoms with Crippen LogP contribution in [-0.2, 0) is 14.9 Å². The molecule has 0 amide bonds. The average molecular weight is 268 g/mol. The Morgan fingerprint density at radius 1 is 1.18 bits per heavy atom. The van der Waals surface area contributed by atoms with Crippen molar-refractivity contribution < 1.29 is 22.8 Å². The van der Waals surface area contributed by atoms with Crippen molar-refractivity contribution in [2.45, 2.75) is 45.6 Å². The molecule has 1 atom stereocenters. The molecule has 104 valence electrons. The number of aliphatic hydroxyl groups excluding tert-OH is 1. The van der Waals surface area contributed by atoms with Gasteiger partial charge in [-0.25, -0.2) is 0 Å². The fourth-order valence-electron chi connectivity index (χ4n) is 1.44. The molecule has 0 aliphatic carbocycles. The maximum Gasteiger partial charge on any atom is 0.267 e. The third kappa shape index (κ3) is 13.8. The van der Waals surface area contributed by atoms with Gasteiger partial charge in [0.1, 0.15) is 5.75 Å². The van der Waals surface area contributed by atoms with Crippen LogP contribution in [0.15, 0.2) is 0 Å². The van der Waals surface area contributed by atoms with Gasteiger partial charge in [-0.15, -0.1) is 0 Å². The van der Waals surface area contributed by atoms with Crippen LogP contribution in [0, 0.1) is 5.92 Å². The molecule has 0 aliphatic rings. The predicted octanol–water partition coefficient (Wildman–Crippen LogP) is 1.47. The minimum absolute atomic E-state index is 0.0516. The molecule has 0 saturated heterocycles. The van der Waals surface area contributed by atoms with Gasteiger partial charge in [0, 0.05) is 6.61 Å². The quantitative estimate of drug-likeness (QED) is 0.463. The summed E-state index contributed by atoms with van der Waals surface area (Å²) in [6.45, 7) is 4.83. The first kappa shape index (κ1) is 16.8. The van der Waals surface area contributed by atoms with Crippen LogP contribution in [-0.4, -0.2) is 43.1 Å². The van der Waals surface area contributed by atoms with Crippen LogP contribution in [0.25, 0.3) is 0 Å². The molecular weight excluding hydrogens is 244 g/mol. The van der Waals surface area contributed by atoms with Crippen molar-refractivity contribution in [2.75, 3.05) is 19.0 Å². The molecule has 17 heavy (non-hydrogen) atoms. The summed E-state index contributed by atoms with van der Waals surface area (Å²) in [5.41, 5.74) is 0. The molecule has 0 rings (SSSR count). The van der Waals surface area contributed by atoms with E-state index in [2.05, 4.69) is 13.8 Å². The fraction of sp³-hybridized carbons (Fsp3) is 1.00. The largest absolute Gasteiger partial charge is 0.390 e. The Morgan fingerprint density at radius 3 is 2.35 bits per heavy atom. The second-order valence-corrected chi connectivity index (χ2v) is 6.22. The van der Waals surface area contributed by atoms with Crippen LogP contribution < -0.4 is 0 Å². The number of unbranched alkanes of at least 4 members (excludes halogenated alkanes) is 2. The summed E-state index contributed by atoms with van der Waals surface area (Å²) in [7, 11) is -4.11. The maximum absolute atomic E-state index is 10.4. The van der Waals surface area contributed by atoms with Gasteiger partial charge in [0.05, 0.1) is 12.7 Å². The predicted molar refractivity (Wildman–Crippen MR) is 66.5 cm³/mol. The first-order valence-corrected chi connectivity index (χ1v) is 7.63. The van der Waals surface area contributed by atoms with E-state index in [1.165, 1.54) is 6.42 Å². The molecule has 5 nitrogen and oxygen atoms in total. The lowest BCUT2D eigenvalue weighted by Crippen LogP contribution is -2.25. The van der Waals surface area contributed by atoms with Gasteiger partial charge in [-0.05, 0) is 12.3 Å². The van der Waals surface area contributed by atoms with Crippen LogP contribution in [0.4, 0.5) is 0 Å². The number of rotatable bonds is 10. The molecule has 1 unspecified atom stereocenters. The standard InChI is InChI=1S/C11H24O5S/c1-10(2)6-4-3-5-7-16-8-11(12)9-17(13,14)15/h10-12H,3-9H2,1-2H3,(H,13,14,15). The lowest BCUT2D eigenvalue weighted by Gasteiger charge is -2.09. The van der Waals surface area contributed by atoms with Gasteiger partial charge >= 0.3 is 0 Å². The number of aliphatic hydroxyl groups is 1. The number of hydrogen-bond donors (Lipinski definition) is 2.